The molecule has 0 saturated carbocycles. The minimum absolute atomic E-state index is 0.0657. The Morgan fingerprint density at radius 1 is 1.53 bits per heavy atom. The van der Waals surface area contributed by atoms with Gasteiger partial charge >= 0.3 is 0 Å². The van der Waals surface area contributed by atoms with Crippen molar-refractivity contribution in [2.24, 2.45) is 0 Å². The molecule has 1 aromatic heterocycles. The Morgan fingerprint density at radius 2 is 2.41 bits per heavy atom. The van der Waals surface area contributed by atoms with Crippen molar-refractivity contribution >= 4 is 10.0 Å². The van der Waals surface area contributed by atoms with E-state index in [1.165, 1.54) is 6.20 Å². The minimum Gasteiger partial charge on any atom is -0.360 e. The zero-order valence-electron chi connectivity index (χ0n) is 9.55. The van der Waals surface area contributed by atoms with Crippen LogP contribution in [0.3, 0.4) is 0 Å². The number of rotatable bonds is 5. The van der Waals surface area contributed by atoms with Crippen molar-refractivity contribution in [3.8, 4) is 0 Å². The molecule has 7 heteroatoms. The third kappa shape index (κ3) is 4.10. The maximum Gasteiger partial charge on any atom is 0.213 e. The van der Waals surface area contributed by atoms with Gasteiger partial charge in [0.05, 0.1) is 18.5 Å². The van der Waals surface area contributed by atoms with E-state index in [0.717, 1.165) is 25.8 Å². The molecule has 2 heterocycles. The third-order valence-corrected chi connectivity index (χ3v) is 4.22. The maximum atomic E-state index is 11.8. The molecule has 1 saturated heterocycles. The SMILES string of the molecule is O=S(=O)(CC1CCCCN1)NCc1ccno1. The van der Waals surface area contributed by atoms with Gasteiger partial charge in [0.15, 0.2) is 5.76 Å². The van der Waals surface area contributed by atoms with Gasteiger partial charge in [-0.15, -0.1) is 0 Å². The monoisotopic (exact) mass is 259 g/mol. The molecule has 0 aliphatic carbocycles. The lowest BCUT2D eigenvalue weighted by molar-refractivity contribution is 0.379. The van der Waals surface area contributed by atoms with Gasteiger partial charge in [-0.1, -0.05) is 11.6 Å². The van der Waals surface area contributed by atoms with Crippen molar-refractivity contribution in [2.75, 3.05) is 12.3 Å². The van der Waals surface area contributed by atoms with E-state index < -0.39 is 10.0 Å². The van der Waals surface area contributed by atoms with Crippen LogP contribution in [-0.2, 0) is 16.6 Å². The van der Waals surface area contributed by atoms with E-state index in [1.807, 2.05) is 0 Å². The van der Waals surface area contributed by atoms with Crippen LogP contribution in [0.15, 0.2) is 16.8 Å². The van der Waals surface area contributed by atoms with Gasteiger partial charge in [-0.25, -0.2) is 13.1 Å². The summed E-state index contributed by atoms with van der Waals surface area (Å²) >= 11 is 0. The molecule has 6 nitrogen and oxygen atoms in total. The standard InChI is InChI=1S/C10H17N3O3S/c14-17(15,8-9-3-1-2-5-11-9)13-7-10-4-6-12-16-10/h4,6,9,11,13H,1-3,5,7-8H2. The summed E-state index contributed by atoms with van der Waals surface area (Å²) in [5.41, 5.74) is 0. The molecule has 0 spiro atoms. The smallest absolute Gasteiger partial charge is 0.213 e. The Kier molecular flexibility index (Phi) is 4.14. The van der Waals surface area contributed by atoms with Crippen LogP contribution in [0.4, 0.5) is 0 Å². The Morgan fingerprint density at radius 3 is 3.06 bits per heavy atom. The number of nitrogens with one attached hydrogen (secondary N) is 2. The molecule has 1 fully saturated rings. The van der Waals surface area contributed by atoms with Gasteiger partial charge in [0, 0.05) is 12.1 Å². The summed E-state index contributed by atoms with van der Waals surface area (Å²) < 4.78 is 30.9. The van der Waals surface area contributed by atoms with E-state index in [1.54, 1.807) is 6.07 Å². The number of aromatic nitrogens is 1. The van der Waals surface area contributed by atoms with Crippen molar-refractivity contribution in [3.63, 3.8) is 0 Å². The molecule has 17 heavy (non-hydrogen) atoms. The van der Waals surface area contributed by atoms with Crippen LogP contribution in [0.25, 0.3) is 0 Å². The third-order valence-electron chi connectivity index (χ3n) is 2.79. The van der Waals surface area contributed by atoms with E-state index in [9.17, 15) is 8.42 Å². The number of piperidine rings is 1. The molecule has 1 atom stereocenters. The average Bonchev–Trinajstić information content (AvgIpc) is 2.80. The van der Waals surface area contributed by atoms with Gasteiger partial charge in [0.25, 0.3) is 0 Å². The minimum atomic E-state index is -3.26. The highest BCUT2D eigenvalue weighted by Crippen LogP contribution is 2.09. The Hall–Kier alpha value is -0.920. The second-order valence-corrected chi connectivity index (χ2v) is 6.08. The summed E-state index contributed by atoms with van der Waals surface area (Å²) in [5.74, 6) is 0.645. The summed E-state index contributed by atoms with van der Waals surface area (Å²) in [6.45, 7) is 1.07. The molecule has 0 aromatic carbocycles. The number of nitrogens with zero attached hydrogens (tertiary/aromatic N) is 1. The van der Waals surface area contributed by atoms with Crippen LogP contribution in [0, 0.1) is 0 Å². The van der Waals surface area contributed by atoms with Crippen molar-refractivity contribution in [3.05, 3.63) is 18.0 Å². The van der Waals surface area contributed by atoms with Crippen molar-refractivity contribution in [1.82, 2.24) is 15.2 Å². The first-order chi connectivity index (χ1) is 8.16. The fourth-order valence-electron chi connectivity index (χ4n) is 1.90. The quantitative estimate of drug-likeness (QED) is 0.791. The molecule has 2 rings (SSSR count). The second-order valence-electron chi connectivity index (χ2n) is 4.23. The van der Waals surface area contributed by atoms with Crippen LogP contribution in [0.2, 0.25) is 0 Å². The van der Waals surface area contributed by atoms with E-state index >= 15 is 0 Å². The highest BCUT2D eigenvalue weighted by atomic mass is 32.2. The first-order valence-electron chi connectivity index (χ1n) is 5.76. The summed E-state index contributed by atoms with van der Waals surface area (Å²) in [6, 6.07) is 1.71. The van der Waals surface area contributed by atoms with Crippen LogP contribution < -0.4 is 10.0 Å². The topological polar surface area (TPSA) is 84.2 Å². The molecule has 1 unspecified atom stereocenters. The lowest BCUT2D eigenvalue weighted by Crippen LogP contribution is -2.42. The largest absolute Gasteiger partial charge is 0.360 e. The van der Waals surface area contributed by atoms with Gasteiger partial charge in [-0.3, -0.25) is 0 Å². The van der Waals surface area contributed by atoms with Gasteiger partial charge in [-0.2, -0.15) is 0 Å². The lowest BCUT2D eigenvalue weighted by atomic mass is 10.1. The Labute approximate surface area is 101 Å². The molecule has 2 N–H and O–H groups in total. The number of hydrogen-bond donors (Lipinski definition) is 2. The average molecular weight is 259 g/mol. The molecule has 1 aromatic rings. The predicted octanol–water partition coefficient (Wildman–Crippen LogP) is 0.236. The predicted molar refractivity (Wildman–Crippen MR) is 62.8 cm³/mol. The van der Waals surface area contributed by atoms with Crippen molar-refractivity contribution < 1.29 is 12.9 Å². The van der Waals surface area contributed by atoms with E-state index in [4.69, 9.17) is 4.52 Å². The first-order valence-corrected chi connectivity index (χ1v) is 7.41. The van der Waals surface area contributed by atoms with Crippen LogP contribution in [0.1, 0.15) is 25.0 Å². The zero-order chi connectivity index (χ0) is 12.1. The van der Waals surface area contributed by atoms with Crippen molar-refractivity contribution in [2.45, 2.75) is 31.8 Å². The fraction of sp³-hybridized carbons (Fsp3) is 0.700. The molecule has 1 aliphatic rings. The molecular formula is C10H17N3O3S. The Balaban J connectivity index is 1.81. The molecule has 0 bridgehead atoms. The Bertz CT molecular complexity index is 424. The molecule has 96 valence electrons. The van der Waals surface area contributed by atoms with Gasteiger partial charge in [-0.05, 0) is 19.4 Å². The summed E-state index contributed by atoms with van der Waals surface area (Å²) in [6.07, 6.45) is 4.63. The highest BCUT2D eigenvalue weighted by Gasteiger charge is 2.20. The molecular weight excluding hydrogens is 242 g/mol. The molecule has 0 radical (unpaired) electrons. The van der Waals surface area contributed by atoms with E-state index in [2.05, 4.69) is 15.2 Å². The number of sulfonamides is 1. The van der Waals surface area contributed by atoms with Crippen LogP contribution in [0.5, 0.6) is 0 Å². The second kappa shape index (κ2) is 5.61. The molecule has 0 amide bonds. The van der Waals surface area contributed by atoms with Crippen LogP contribution >= 0.6 is 0 Å². The molecule has 1 aliphatic heterocycles. The summed E-state index contributed by atoms with van der Waals surface area (Å²) in [7, 11) is -3.26. The fourth-order valence-corrected chi connectivity index (χ4v) is 3.20. The summed E-state index contributed by atoms with van der Waals surface area (Å²) in [5, 5.41) is 6.73. The highest BCUT2D eigenvalue weighted by molar-refractivity contribution is 7.89. The number of hydrogen-bond acceptors (Lipinski definition) is 5. The van der Waals surface area contributed by atoms with E-state index in [0.29, 0.717) is 5.76 Å². The van der Waals surface area contributed by atoms with Gasteiger partial charge in [0.1, 0.15) is 0 Å². The van der Waals surface area contributed by atoms with Crippen molar-refractivity contribution in [1.29, 1.82) is 0 Å². The normalized spacial score (nSPS) is 21.5. The first kappa shape index (κ1) is 12.5. The van der Waals surface area contributed by atoms with E-state index in [-0.39, 0.29) is 18.3 Å². The van der Waals surface area contributed by atoms with Gasteiger partial charge in [0.2, 0.25) is 10.0 Å². The zero-order valence-corrected chi connectivity index (χ0v) is 10.4. The van der Waals surface area contributed by atoms with Gasteiger partial charge < -0.3 is 9.84 Å². The summed E-state index contributed by atoms with van der Waals surface area (Å²) in [4.78, 5) is 0. The van der Waals surface area contributed by atoms with Crippen LogP contribution in [-0.4, -0.2) is 31.9 Å². The lowest BCUT2D eigenvalue weighted by Gasteiger charge is -2.23. The maximum absolute atomic E-state index is 11.8.